The number of halogens is 2. The van der Waals surface area contributed by atoms with Crippen LogP contribution in [-0.2, 0) is 13.0 Å². The molecule has 2 heterocycles. The van der Waals surface area contributed by atoms with Gasteiger partial charge >= 0.3 is 0 Å². The first-order chi connectivity index (χ1) is 10.1. The average Bonchev–Trinajstić information content (AvgIpc) is 3.06. The maximum atomic E-state index is 12.1. The van der Waals surface area contributed by atoms with Gasteiger partial charge in [-0.1, -0.05) is 0 Å². The highest BCUT2D eigenvalue weighted by atomic mass is 35.5. The van der Waals surface area contributed by atoms with Crippen molar-refractivity contribution < 1.29 is 4.79 Å². The van der Waals surface area contributed by atoms with E-state index in [0.29, 0.717) is 24.5 Å². The average molecular weight is 381 g/mol. The van der Waals surface area contributed by atoms with Gasteiger partial charge in [0.15, 0.2) is 5.82 Å². The standard InChI is InChI=1S/C13H20N6OS.2ClH/c1-18(2)7-8-19-6-4-11(17-19)16-13(20)10-9-21-12(15-10)3-5-14;;/h4,6,9H,3,5,7-8,14H2,1-2H3,(H,16,17,20);2*1H. The number of nitrogens with two attached hydrogens (primary N) is 1. The molecule has 0 saturated heterocycles. The molecule has 0 fully saturated rings. The van der Waals surface area contributed by atoms with E-state index in [1.165, 1.54) is 11.3 Å². The molecule has 0 aromatic carbocycles. The highest BCUT2D eigenvalue weighted by Gasteiger charge is 2.12. The van der Waals surface area contributed by atoms with Gasteiger partial charge in [-0.25, -0.2) is 4.98 Å². The lowest BCUT2D eigenvalue weighted by Gasteiger charge is -2.08. The maximum Gasteiger partial charge on any atom is 0.276 e. The third kappa shape index (κ3) is 6.84. The van der Waals surface area contributed by atoms with Crippen LogP contribution in [-0.4, -0.2) is 52.8 Å². The molecule has 2 rings (SSSR count). The predicted molar refractivity (Wildman–Crippen MR) is 98.1 cm³/mol. The smallest absolute Gasteiger partial charge is 0.276 e. The summed E-state index contributed by atoms with van der Waals surface area (Å²) in [4.78, 5) is 18.4. The van der Waals surface area contributed by atoms with Crippen molar-refractivity contribution in [3.05, 3.63) is 28.3 Å². The molecule has 2 aromatic rings. The second-order valence-corrected chi connectivity index (χ2v) is 5.83. The van der Waals surface area contributed by atoms with Gasteiger partial charge in [-0.15, -0.1) is 36.2 Å². The normalized spacial score (nSPS) is 10.1. The number of carbonyl (C=O) groups excluding carboxylic acids is 1. The topological polar surface area (TPSA) is 89.1 Å². The fourth-order valence-electron chi connectivity index (χ4n) is 1.69. The quantitative estimate of drug-likeness (QED) is 0.759. The van der Waals surface area contributed by atoms with Crippen LogP contribution in [0.5, 0.6) is 0 Å². The summed E-state index contributed by atoms with van der Waals surface area (Å²) < 4.78 is 1.80. The minimum absolute atomic E-state index is 0. The Morgan fingerprint density at radius 1 is 1.43 bits per heavy atom. The Hall–Kier alpha value is -1.19. The summed E-state index contributed by atoms with van der Waals surface area (Å²) in [5, 5.41) is 9.67. The van der Waals surface area contributed by atoms with Crippen LogP contribution in [0.25, 0.3) is 0 Å². The number of hydrogen-bond acceptors (Lipinski definition) is 6. The molecule has 0 unspecified atom stereocenters. The van der Waals surface area contributed by atoms with Gasteiger partial charge in [0.25, 0.3) is 5.91 Å². The maximum absolute atomic E-state index is 12.1. The molecule has 3 N–H and O–H groups in total. The fourth-order valence-corrected chi connectivity index (χ4v) is 2.48. The second kappa shape index (κ2) is 10.6. The van der Waals surface area contributed by atoms with E-state index in [1.54, 1.807) is 16.1 Å². The lowest BCUT2D eigenvalue weighted by molar-refractivity contribution is 0.102. The molecule has 23 heavy (non-hydrogen) atoms. The summed E-state index contributed by atoms with van der Waals surface area (Å²) in [6, 6.07) is 1.78. The van der Waals surface area contributed by atoms with E-state index in [0.717, 1.165) is 18.1 Å². The number of amides is 1. The van der Waals surface area contributed by atoms with E-state index in [9.17, 15) is 4.79 Å². The first-order valence-corrected chi connectivity index (χ1v) is 7.60. The Morgan fingerprint density at radius 2 is 2.17 bits per heavy atom. The van der Waals surface area contributed by atoms with E-state index in [4.69, 9.17) is 5.73 Å². The molecule has 0 atom stereocenters. The number of anilines is 1. The largest absolute Gasteiger partial charge is 0.330 e. The first-order valence-electron chi connectivity index (χ1n) is 6.72. The predicted octanol–water partition coefficient (Wildman–Crippen LogP) is 1.50. The number of thiazole rings is 1. The fraction of sp³-hybridized carbons (Fsp3) is 0.462. The van der Waals surface area contributed by atoms with Gasteiger partial charge in [-0.3, -0.25) is 9.48 Å². The second-order valence-electron chi connectivity index (χ2n) is 4.89. The third-order valence-corrected chi connectivity index (χ3v) is 3.71. The molecule has 0 spiro atoms. The van der Waals surface area contributed by atoms with Gasteiger partial charge in [0.05, 0.1) is 11.6 Å². The highest BCUT2D eigenvalue weighted by molar-refractivity contribution is 7.09. The summed E-state index contributed by atoms with van der Waals surface area (Å²) in [7, 11) is 4.01. The summed E-state index contributed by atoms with van der Waals surface area (Å²) in [6.45, 7) is 2.20. The van der Waals surface area contributed by atoms with Crippen LogP contribution < -0.4 is 11.1 Å². The molecule has 0 bridgehead atoms. The Labute approximate surface area is 152 Å². The Morgan fingerprint density at radius 3 is 2.83 bits per heavy atom. The number of hydrogen-bond donors (Lipinski definition) is 2. The number of nitrogens with zero attached hydrogens (tertiary/aromatic N) is 4. The van der Waals surface area contributed by atoms with Crippen LogP contribution in [0.2, 0.25) is 0 Å². The van der Waals surface area contributed by atoms with Crippen LogP contribution in [0.4, 0.5) is 5.82 Å². The van der Waals surface area contributed by atoms with Gasteiger partial charge in [0.1, 0.15) is 5.69 Å². The molecule has 130 valence electrons. The lowest BCUT2D eigenvalue weighted by Crippen LogP contribution is -2.19. The number of likely N-dealkylation sites (N-methyl/N-ethyl adjacent to an activating group) is 1. The van der Waals surface area contributed by atoms with Crippen LogP contribution >= 0.6 is 36.2 Å². The van der Waals surface area contributed by atoms with Gasteiger partial charge < -0.3 is 16.0 Å². The summed E-state index contributed by atoms with van der Waals surface area (Å²) in [5.41, 5.74) is 5.88. The number of rotatable bonds is 7. The van der Waals surface area contributed by atoms with Crippen molar-refractivity contribution >= 4 is 47.9 Å². The molecular formula is C13H22Cl2N6OS. The molecule has 7 nitrogen and oxygen atoms in total. The van der Waals surface area contributed by atoms with Gasteiger partial charge in [0.2, 0.25) is 0 Å². The first kappa shape index (κ1) is 21.8. The van der Waals surface area contributed by atoms with Crippen molar-refractivity contribution in [1.82, 2.24) is 19.7 Å². The zero-order valence-corrected chi connectivity index (χ0v) is 15.5. The molecule has 10 heteroatoms. The molecule has 2 aromatic heterocycles. The van der Waals surface area contributed by atoms with Crippen molar-refractivity contribution in [3.63, 3.8) is 0 Å². The SMILES string of the molecule is CN(C)CCn1ccc(NC(=O)c2csc(CCN)n2)n1.Cl.Cl. The minimum Gasteiger partial charge on any atom is -0.330 e. The van der Waals surface area contributed by atoms with Crippen LogP contribution in [0.3, 0.4) is 0 Å². The Bertz CT molecular complexity index is 601. The van der Waals surface area contributed by atoms with Crippen LogP contribution in [0.1, 0.15) is 15.5 Å². The number of nitrogens with one attached hydrogen (secondary N) is 1. The summed E-state index contributed by atoms with van der Waals surface area (Å²) in [6.07, 6.45) is 2.54. The molecule has 0 aliphatic heterocycles. The summed E-state index contributed by atoms with van der Waals surface area (Å²) in [5.74, 6) is 0.291. The van der Waals surface area contributed by atoms with Crippen LogP contribution in [0.15, 0.2) is 17.6 Å². The van der Waals surface area contributed by atoms with Crippen molar-refractivity contribution in [2.75, 3.05) is 32.5 Å². The monoisotopic (exact) mass is 380 g/mol. The van der Waals surface area contributed by atoms with Gasteiger partial charge in [0, 0.05) is 30.6 Å². The van der Waals surface area contributed by atoms with Gasteiger partial charge in [-0.05, 0) is 20.6 Å². The van der Waals surface area contributed by atoms with E-state index in [-0.39, 0.29) is 30.7 Å². The van der Waals surface area contributed by atoms with E-state index in [1.807, 2.05) is 20.3 Å². The van der Waals surface area contributed by atoms with Crippen molar-refractivity contribution in [2.45, 2.75) is 13.0 Å². The third-order valence-electron chi connectivity index (χ3n) is 2.80. The zero-order chi connectivity index (χ0) is 15.2. The van der Waals surface area contributed by atoms with E-state index in [2.05, 4.69) is 20.3 Å². The Kier molecular flexibility index (Phi) is 10.0. The number of aromatic nitrogens is 3. The Balaban J connectivity index is 0.00000242. The molecule has 0 saturated carbocycles. The molecule has 0 radical (unpaired) electrons. The van der Waals surface area contributed by atoms with Crippen molar-refractivity contribution in [1.29, 1.82) is 0 Å². The highest BCUT2D eigenvalue weighted by Crippen LogP contribution is 2.12. The molecule has 1 amide bonds. The van der Waals surface area contributed by atoms with E-state index >= 15 is 0 Å². The van der Waals surface area contributed by atoms with Crippen molar-refractivity contribution in [2.24, 2.45) is 5.73 Å². The lowest BCUT2D eigenvalue weighted by atomic mass is 10.4. The van der Waals surface area contributed by atoms with Crippen molar-refractivity contribution in [3.8, 4) is 0 Å². The molecule has 0 aliphatic rings. The molecule has 0 aliphatic carbocycles. The molecular weight excluding hydrogens is 359 g/mol. The minimum atomic E-state index is -0.243. The zero-order valence-electron chi connectivity index (χ0n) is 13.1. The summed E-state index contributed by atoms with van der Waals surface area (Å²) >= 11 is 1.45. The van der Waals surface area contributed by atoms with Gasteiger partial charge in [-0.2, -0.15) is 5.10 Å². The number of carbonyl (C=O) groups is 1. The van der Waals surface area contributed by atoms with E-state index < -0.39 is 0 Å². The van der Waals surface area contributed by atoms with Crippen LogP contribution in [0, 0.1) is 0 Å².